The second kappa shape index (κ2) is 6.02. The number of Topliss-reactive ketones (excluding diaryl/α,β-unsaturated/α-hetero) is 1. The summed E-state index contributed by atoms with van der Waals surface area (Å²) in [5.41, 5.74) is -0.283. The van der Waals surface area contributed by atoms with Gasteiger partial charge in [-0.3, -0.25) is 9.59 Å². The molecule has 4 heteroatoms. The third-order valence-corrected chi connectivity index (χ3v) is 11.5. The Hall–Kier alpha value is -2.20. The average molecular weight is 337 g/mol. The Balaban J connectivity index is 2.34. The van der Waals surface area contributed by atoms with Crippen LogP contribution in [-0.4, -0.2) is 26.3 Å². The first-order chi connectivity index (χ1) is 11.4. The molecule has 1 amide bonds. The monoisotopic (exact) mass is 337 g/mol. The number of hydrogen-bond acceptors (Lipinski definition) is 2. The van der Waals surface area contributed by atoms with Gasteiger partial charge >= 0.3 is 0 Å². The number of nitrogens with one attached hydrogen (secondary N) is 1. The van der Waals surface area contributed by atoms with Gasteiger partial charge in [0.25, 0.3) is 5.91 Å². The molecule has 1 saturated heterocycles. The topological polar surface area (TPSA) is 46.2 Å². The maximum absolute atomic E-state index is 12.8. The Labute approximate surface area is 144 Å². The summed E-state index contributed by atoms with van der Waals surface area (Å²) in [7, 11) is -2.55. The zero-order valence-electron chi connectivity index (χ0n) is 14.4. The van der Waals surface area contributed by atoms with Crippen molar-refractivity contribution in [3.63, 3.8) is 0 Å². The van der Waals surface area contributed by atoms with Crippen LogP contribution in [0, 0.1) is 0 Å². The number of amides is 1. The molecule has 0 aromatic heterocycles. The van der Waals surface area contributed by atoms with Gasteiger partial charge in [-0.1, -0.05) is 91.8 Å². The van der Waals surface area contributed by atoms with E-state index in [0.29, 0.717) is 6.54 Å². The minimum absolute atomic E-state index is 0.123. The molecule has 24 heavy (non-hydrogen) atoms. The highest BCUT2D eigenvalue weighted by atomic mass is 28.3. The molecule has 3 nitrogen and oxygen atoms in total. The Morgan fingerprint density at radius 1 is 0.875 bits per heavy atom. The molecular formula is C20H23NO2Si. The minimum atomic E-state index is -2.55. The summed E-state index contributed by atoms with van der Waals surface area (Å²) in [6.45, 7) is 7.05. The van der Waals surface area contributed by atoms with E-state index in [1.165, 1.54) is 10.4 Å². The molecule has 0 aliphatic carbocycles. The lowest BCUT2D eigenvalue weighted by Crippen LogP contribution is -2.68. The molecule has 3 rings (SSSR count). The SMILES string of the molecule is CC(C)(C)[Si](c1ccccc1)(c1ccccc1)[C@@H]1CNC(=O)C1=O. The maximum Gasteiger partial charge on any atom is 0.287 e. The first-order valence-electron chi connectivity index (χ1n) is 8.32. The summed E-state index contributed by atoms with van der Waals surface area (Å²) in [5.74, 6) is -0.697. The minimum Gasteiger partial charge on any atom is -0.349 e. The lowest BCUT2D eigenvalue weighted by Gasteiger charge is -2.47. The summed E-state index contributed by atoms with van der Waals surface area (Å²) in [6, 6.07) is 20.6. The van der Waals surface area contributed by atoms with Crippen molar-refractivity contribution in [2.24, 2.45) is 0 Å². The zero-order valence-corrected chi connectivity index (χ0v) is 15.4. The molecule has 1 aliphatic heterocycles. The van der Waals surface area contributed by atoms with Crippen LogP contribution in [0.5, 0.6) is 0 Å². The highest BCUT2D eigenvalue weighted by molar-refractivity contribution is 7.08. The number of carbonyl (C=O) groups excluding carboxylic acids is 2. The summed E-state index contributed by atoms with van der Waals surface area (Å²) < 4.78 is 0. The fourth-order valence-electron chi connectivity index (χ4n) is 4.24. The first-order valence-corrected chi connectivity index (χ1v) is 10.4. The molecule has 0 saturated carbocycles. The van der Waals surface area contributed by atoms with Crippen molar-refractivity contribution >= 4 is 30.1 Å². The molecule has 0 bridgehead atoms. The van der Waals surface area contributed by atoms with Crippen LogP contribution in [0.15, 0.2) is 60.7 Å². The van der Waals surface area contributed by atoms with Crippen molar-refractivity contribution < 1.29 is 9.59 Å². The Bertz CT molecular complexity index is 711. The number of ketones is 1. The standard InChI is InChI=1S/C20H23NO2Si/c1-20(2,3)24(15-10-6-4-7-11-15,16-12-8-5-9-13-16)17-14-21-19(23)18(17)22/h4-13,17H,14H2,1-3H3,(H,21,23)/t17-/m1/s1. The van der Waals surface area contributed by atoms with Crippen LogP contribution < -0.4 is 15.7 Å². The van der Waals surface area contributed by atoms with E-state index in [0.717, 1.165) is 0 Å². The number of benzene rings is 2. The summed E-state index contributed by atoms with van der Waals surface area (Å²) in [6.07, 6.45) is 0. The number of hydrogen-bond donors (Lipinski definition) is 1. The smallest absolute Gasteiger partial charge is 0.287 e. The molecule has 0 spiro atoms. The number of carbonyl (C=O) groups is 2. The summed E-state index contributed by atoms with van der Waals surface area (Å²) >= 11 is 0. The first kappa shape index (κ1) is 16.6. The Kier molecular flexibility index (Phi) is 4.18. The third kappa shape index (κ3) is 2.42. The van der Waals surface area contributed by atoms with Crippen molar-refractivity contribution in [2.45, 2.75) is 31.4 Å². The molecule has 1 atom stereocenters. The summed E-state index contributed by atoms with van der Waals surface area (Å²) in [5, 5.41) is 5.07. The van der Waals surface area contributed by atoms with Crippen molar-refractivity contribution in [2.75, 3.05) is 6.54 Å². The summed E-state index contributed by atoms with van der Waals surface area (Å²) in [4.78, 5) is 24.8. The van der Waals surface area contributed by atoms with E-state index in [1.807, 2.05) is 36.4 Å². The van der Waals surface area contributed by atoms with E-state index in [-0.39, 0.29) is 16.4 Å². The van der Waals surface area contributed by atoms with Gasteiger partial charge in [0.15, 0.2) is 0 Å². The molecule has 0 unspecified atom stereocenters. The van der Waals surface area contributed by atoms with Gasteiger partial charge in [-0.25, -0.2) is 0 Å². The molecule has 1 N–H and O–H groups in total. The van der Waals surface area contributed by atoms with E-state index < -0.39 is 14.0 Å². The molecule has 124 valence electrons. The van der Waals surface area contributed by atoms with E-state index in [4.69, 9.17) is 0 Å². The predicted molar refractivity (Wildman–Crippen MR) is 99.4 cm³/mol. The second-order valence-electron chi connectivity index (χ2n) is 7.42. The van der Waals surface area contributed by atoms with Crippen LogP contribution in [-0.2, 0) is 9.59 Å². The molecular weight excluding hydrogens is 314 g/mol. The third-order valence-electron chi connectivity index (χ3n) is 5.17. The van der Waals surface area contributed by atoms with E-state index in [1.54, 1.807) is 0 Å². The second-order valence-corrected chi connectivity index (χ2v) is 12.4. The van der Waals surface area contributed by atoms with Gasteiger partial charge in [-0.05, 0) is 5.04 Å². The maximum atomic E-state index is 12.8. The Morgan fingerprint density at radius 2 is 1.33 bits per heavy atom. The molecule has 2 aromatic carbocycles. The highest BCUT2D eigenvalue weighted by Gasteiger charge is 2.58. The van der Waals surface area contributed by atoms with Gasteiger partial charge in [-0.15, -0.1) is 0 Å². The van der Waals surface area contributed by atoms with Crippen LogP contribution in [0.3, 0.4) is 0 Å². The normalized spacial score (nSPS) is 18.5. The Morgan fingerprint density at radius 3 is 1.67 bits per heavy atom. The van der Waals surface area contributed by atoms with Crippen molar-refractivity contribution in [1.29, 1.82) is 0 Å². The largest absolute Gasteiger partial charge is 0.349 e. The molecule has 2 aromatic rings. The van der Waals surface area contributed by atoms with Crippen LogP contribution >= 0.6 is 0 Å². The molecule has 1 heterocycles. The van der Waals surface area contributed by atoms with Gasteiger partial charge in [0.1, 0.15) is 8.07 Å². The van der Waals surface area contributed by atoms with Crippen molar-refractivity contribution in [3.05, 3.63) is 60.7 Å². The average Bonchev–Trinajstić information content (AvgIpc) is 2.89. The fraction of sp³-hybridized carbons (Fsp3) is 0.300. The van der Waals surface area contributed by atoms with Crippen LogP contribution in [0.1, 0.15) is 20.8 Å². The lowest BCUT2D eigenvalue weighted by atomic mass is 10.2. The van der Waals surface area contributed by atoms with Gasteiger partial charge < -0.3 is 5.32 Å². The van der Waals surface area contributed by atoms with Crippen LogP contribution in [0.25, 0.3) is 0 Å². The zero-order chi connectivity index (χ0) is 17.4. The van der Waals surface area contributed by atoms with Gasteiger partial charge in [0.05, 0.1) is 0 Å². The quantitative estimate of drug-likeness (QED) is 0.689. The van der Waals surface area contributed by atoms with E-state index >= 15 is 0 Å². The predicted octanol–water partition coefficient (Wildman–Crippen LogP) is 2.12. The van der Waals surface area contributed by atoms with Gasteiger partial charge in [0, 0.05) is 12.1 Å². The van der Waals surface area contributed by atoms with E-state index in [2.05, 4.69) is 50.4 Å². The van der Waals surface area contributed by atoms with Crippen LogP contribution in [0.4, 0.5) is 0 Å². The lowest BCUT2D eigenvalue weighted by molar-refractivity contribution is -0.135. The molecule has 1 aliphatic rings. The molecule has 1 fully saturated rings. The number of rotatable bonds is 3. The van der Waals surface area contributed by atoms with Gasteiger partial charge in [-0.2, -0.15) is 0 Å². The van der Waals surface area contributed by atoms with E-state index in [9.17, 15) is 9.59 Å². The van der Waals surface area contributed by atoms with Gasteiger partial charge in [0.2, 0.25) is 5.78 Å². The van der Waals surface area contributed by atoms with Crippen molar-refractivity contribution in [1.82, 2.24) is 5.32 Å². The molecule has 0 radical (unpaired) electrons. The van der Waals surface area contributed by atoms with Crippen LogP contribution in [0.2, 0.25) is 10.6 Å². The highest BCUT2D eigenvalue weighted by Crippen LogP contribution is 2.44. The fourth-order valence-corrected chi connectivity index (χ4v) is 10.5. The van der Waals surface area contributed by atoms with Crippen molar-refractivity contribution in [3.8, 4) is 0 Å².